The van der Waals surface area contributed by atoms with Gasteiger partial charge >= 0.3 is 0 Å². The van der Waals surface area contributed by atoms with Gasteiger partial charge in [0, 0.05) is 31.1 Å². The molecule has 0 radical (unpaired) electrons. The van der Waals surface area contributed by atoms with Crippen LogP contribution in [0.15, 0.2) is 29.2 Å². The molecule has 3 atom stereocenters. The van der Waals surface area contributed by atoms with Gasteiger partial charge in [-0.15, -0.1) is 0 Å². The lowest BCUT2D eigenvalue weighted by Crippen LogP contribution is -2.57. The van der Waals surface area contributed by atoms with Crippen LogP contribution >= 0.6 is 0 Å². The second kappa shape index (κ2) is 7.53. The number of nitrogens with zero attached hydrogens (tertiary/aromatic N) is 1. The van der Waals surface area contributed by atoms with Crippen molar-refractivity contribution in [3.8, 4) is 5.75 Å². The molecule has 1 aromatic rings. The second-order valence-corrected chi connectivity index (χ2v) is 8.60. The standard InChI is InChI=1S/C17H26N2O4S/c1-12(17(20)19-9-13(2)18-14(3)10-19)11-24(21,22)16-7-5-15(23-4)6-8-16/h5-8,12-14,18H,9-11H2,1-4H3. The molecule has 0 bridgehead atoms. The highest BCUT2D eigenvalue weighted by molar-refractivity contribution is 7.91. The van der Waals surface area contributed by atoms with Crippen molar-refractivity contribution in [2.75, 3.05) is 26.0 Å². The summed E-state index contributed by atoms with van der Waals surface area (Å²) < 4.78 is 30.1. The number of hydrogen-bond donors (Lipinski definition) is 1. The van der Waals surface area contributed by atoms with Crippen LogP contribution in [0.4, 0.5) is 0 Å². The van der Waals surface area contributed by atoms with Crippen molar-refractivity contribution < 1.29 is 17.9 Å². The molecular weight excluding hydrogens is 328 g/mol. The third-order valence-corrected chi connectivity index (χ3v) is 6.11. The highest BCUT2D eigenvalue weighted by Gasteiger charge is 2.30. The molecule has 2 rings (SSSR count). The molecule has 1 aliphatic heterocycles. The minimum Gasteiger partial charge on any atom is -0.497 e. The zero-order chi connectivity index (χ0) is 17.9. The Morgan fingerprint density at radius 1 is 1.25 bits per heavy atom. The van der Waals surface area contributed by atoms with Gasteiger partial charge in [-0.2, -0.15) is 0 Å². The van der Waals surface area contributed by atoms with Gasteiger partial charge in [0.1, 0.15) is 5.75 Å². The third kappa shape index (κ3) is 4.48. The molecule has 7 heteroatoms. The van der Waals surface area contributed by atoms with E-state index in [1.165, 1.54) is 19.2 Å². The summed E-state index contributed by atoms with van der Waals surface area (Å²) in [5.41, 5.74) is 0. The fourth-order valence-corrected chi connectivity index (χ4v) is 4.64. The Balaban J connectivity index is 2.06. The van der Waals surface area contributed by atoms with Crippen LogP contribution in [-0.4, -0.2) is 57.3 Å². The maximum atomic E-state index is 12.6. The van der Waals surface area contributed by atoms with Gasteiger partial charge in [0.05, 0.1) is 17.8 Å². The predicted molar refractivity (Wildman–Crippen MR) is 92.9 cm³/mol. The molecule has 0 spiro atoms. The van der Waals surface area contributed by atoms with Crippen LogP contribution in [0.25, 0.3) is 0 Å². The first-order valence-electron chi connectivity index (χ1n) is 8.14. The predicted octanol–water partition coefficient (Wildman–Crippen LogP) is 1.31. The van der Waals surface area contributed by atoms with Gasteiger partial charge in [-0.05, 0) is 38.1 Å². The Labute approximate surface area is 144 Å². The molecule has 1 aromatic carbocycles. The van der Waals surface area contributed by atoms with Gasteiger partial charge in [-0.3, -0.25) is 4.79 Å². The molecule has 24 heavy (non-hydrogen) atoms. The summed E-state index contributed by atoms with van der Waals surface area (Å²) >= 11 is 0. The number of amides is 1. The lowest BCUT2D eigenvalue weighted by Gasteiger charge is -2.37. The van der Waals surface area contributed by atoms with Crippen molar-refractivity contribution in [3.63, 3.8) is 0 Å². The van der Waals surface area contributed by atoms with Gasteiger partial charge in [-0.1, -0.05) is 6.92 Å². The molecule has 1 saturated heterocycles. The average Bonchev–Trinajstić information content (AvgIpc) is 2.52. The minimum atomic E-state index is -3.51. The van der Waals surface area contributed by atoms with Crippen LogP contribution < -0.4 is 10.1 Å². The molecule has 0 saturated carbocycles. The lowest BCUT2D eigenvalue weighted by molar-refractivity contribution is -0.136. The number of methoxy groups -OCH3 is 1. The Morgan fingerprint density at radius 3 is 2.29 bits per heavy atom. The highest BCUT2D eigenvalue weighted by atomic mass is 32.2. The van der Waals surface area contributed by atoms with E-state index in [1.807, 2.05) is 13.8 Å². The third-order valence-electron chi connectivity index (χ3n) is 4.18. The Bertz CT molecular complexity index is 662. The second-order valence-electron chi connectivity index (χ2n) is 6.57. The summed E-state index contributed by atoms with van der Waals surface area (Å²) in [6.07, 6.45) is 0. The molecule has 1 aliphatic rings. The molecule has 1 N–H and O–H groups in total. The van der Waals surface area contributed by atoms with Crippen LogP contribution in [0, 0.1) is 5.92 Å². The van der Waals surface area contributed by atoms with Crippen molar-refractivity contribution in [2.45, 2.75) is 37.8 Å². The molecule has 3 unspecified atom stereocenters. The lowest BCUT2D eigenvalue weighted by atomic mass is 10.1. The molecule has 0 aliphatic carbocycles. The summed E-state index contributed by atoms with van der Waals surface area (Å²) in [6.45, 7) is 6.94. The topological polar surface area (TPSA) is 75.7 Å². The summed E-state index contributed by atoms with van der Waals surface area (Å²) in [4.78, 5) is 14.6. The molecule has 1 heterocycles. The number of piperazine rings is 1. The van der Waals surface area contributed by atoms with Crippen LogP contribution in [0.1, 0.15) is 20.8 Å². The number of ether oxygens (including phenoxy) is 1. The number of carbonyl (C=O) groups excluding carboxylic acids is 1. The minimum absolute atomic E-state index is 0.104. The average molecular weight is 354 g/mol. The molecule has 6 nitrogen and oxygen atoms in total. The monoisotopic (exact) mass is 354 g/mol. The maximum Gasteiger partial charge on any atom is 0.226 e. The number of carbonyl (C=O) groups is 1. The van der Waals surface area contributed by atoms with E-state index >= 15 is 0 Å². The van der Waals surface area contributed by atoms with Crippen LogP contribution in [-0.2, 0) is 14.6 Å². The summed E-state index contributed by atoms with van der Waals surface area (Å²) in [5.74, 6) is -0.269. The van der Waals surface area contributed by atoms with E-state index in [0.29, 0.717) is 18.8 Å². The Hall–Kier alpha value is -1.60. The van der Waals surface area contributed by atoms with E-state index < -0.39 is 15.8 Å². The van der Waals surface area contributed by atoms with Gasteiger partial charge < -0.3 is 15.0 Å². The molecule has 134 valence electrons. The fraction of sp³-hybridized carbons (Fsp3) is 0.588. The molecule has 1 amide bonds. The normalized spacial score (nSPS) is 22.9. The van der Waals surface area contributed by atoms with E-state index in [4.69, 9.17) is 4.74 Å². The SMILES string of the molecule is COc1ccc(S(=O)(=O)CC(C)C(=O)N2CC(C)NC(C)C2)cc1. The van der Waals surface area contributed by atoms with Crippen molar-refractivity contribution in [2.24, 2.45) is 5.92 Å². The van der Waals surface area contributed by atoms with E-state index in [1.54, 1.807) is 24.0 Å². The zero-order valence-corrected chi connectivity index (χ0v) is 15.5. The van der Waals surface area contributed by atoms with Crippen molar-refractivity contribution >= 4 is 15.7 Å². The van der Waals surface area contributed by atoms with E-state index in [-0.39, 0.29) is 28.6 Å². The smallest absolute Gasteiger partial charge is 0.226 e. The first-order valence-corrected chi connectivity index (χ1v) is 9.80. The number of hydrogen-bond acceptors (Lipinski definition) is 5. The largest absolute Gasteiger partial charge is 0.497 e. The summed E-state index contributed by atoms with van der Waals surface area (Å²) in [5, 5.41) is 3.36. The van der Waals surface area contributed by atoms with Crippen LogP contribution in [0.5, 0.6) is 5.75 Å². The van der Waals surface area contributed by atoms with Gasteiger partial charge in [-0.25, -0.2) is 8.42 Å². The van der Waals surface area contributed by atoms with E-state index in [2.05, 4.69) is 5.32 Å². The maximum absolute atomic E-state index is 12.6. The number of rotatable bonds is 5. The first kappa shape index (κ1) is 18.7. The Morgan fingerprint density at radius 2 is 1.79 bits per heavy atom. The van der Waals surface area contributed by atoms with E-state index in [9.17, 15) is 13.2 Å². The highest BCUT2D eigenvalue weighted by Crippen LogP contribution is 2.20. The molecule has 1 fully saturated rings. The first-order chi connectivity index (χ1) is 11.2. The quantitative estimate of drug-likeness (QED) is 0.863. The number of benzene rings is 1. The molecule has 0 aromatic heterocycles. The Kier molecular flexibility index (Phi) is 5.87. The van der Waals surface area contributed by atoms with Gasteiger partial charge in [0.15, 0.2) is 9.84 Å². The van der Waals surface area contributed by atoms with Crippen molar-refractivity contribution in [1.29, 1.82) is 0 Å². The summed E-state index contributed by atoms with van der Waals surface area (Å²) in [7, 11) is -1.99. The van der Waals surface area contributed by atoms with Gasteiger partial charge in [0.2, 0.25) is 5.91 Å². The number of nitrogens with one attached hydrogen (secondary N) is 1. The zero-order valence-electron chi connectivity index (χ0n) is 14.7. The number of sulfone groups is 1. The van der Waals surface area contributed by atoms with E-state index in [0.717, 1.165) is 0 Å². The van der Waals surface area contributed by atoms with Gasteiger partial charge in [0.25, 0.3) is 0 Å². The summed E-state index contributed by atoms with van der Waals surface area (Å²) in [6, 6.07) is 6.67. The fourth-order valence-electron chi connectivity index (χ4n) is 3.10. The van der Waals surface area contributed by atoms with Crippen molar-refractivity contribution in [1.82, 2.24) is 10.2 Å². The van der Waals surface area contributed by atoms with Crippen molar-refractivity contribution in [3.05, 3.63) is 24.3 Å². The van der Waals surface area contributed by atoms with Crippen LogP contribution in [0.3, 0.4) is 0 Å². The molecular formula is C17H26N2O4S. The van der Waals surface area contributed by atoms with Crippen LogP contribution in [0.2, 0.25) is 0 Å².